The van der Waals surface area contributed by atoms with Gasteiger partial charge in [0.2, 0.25) is 5.91 Å². The van der Waals surface area contributed by atoms with E-state index in [1.807, 2.05) is 0 Å². The highest BCUT2D eigenvalue weighted by molar-refractivity contribution is 7.99. The van der Waals surface area contributed by atoms with Gasteiger partial charge in [0.25, 0.3) is 5.91 Å². The van der Waals surface area contributed by atoms with Crippen LogP contribution < -0.4 is 5.32 Å². The van der Waals surface area contributed by atoms with Gasteiger partial charge in [0, 0.05) is 23.9 Å². The standard InChI is InChI=1S/C16H21FN2O2S/c1-19(13-4-3-5-14(13)22-2)15(20)10-18-16(21)11-6-8-12(17)9-7-11/h6-9,13-14H,3-5,10H2,1-2H3,(H,18,21). The molecule has 1 saturated carbocycles. The van der Waals surface area contributed by atoms with Crippen molar-refractivity contribution in [1.82, 2.24) is 10.2 Å². The molecule has 1 N–H and O–H groups in total. The Balaban J connectivity index is 1.86. The number of carbonyl (C=O) groups excluding carboxylic acids is 2. The van der Waals surface area contributed by atoms with E-state index in [-0.39, 0.29) is 24.4 Å². The Morgan fingerprint density at radius 1 is 1.32 bits per heavy atom. The smallest absolute Gasteiger partial charge is 0.251 e. The molecule has 1 fully saturated rings. The van der Waals surface area contributed by atoms with E-state index in [9.17, 15) is 14.0 Å². The minimum atomic E-state index is -0.392. The van der Waals surface area contributed by atoms with Gasteiger partial charge in [0.15, 0.2) is 0 Å². The summed E-state index contributed by atoms with van der Waals surface area (Å²) >= 11 is 1.79. The molecule has 0 heterocycles. The van der Waals surface area contributed by atoms with Crippen molar-refractivity contribution in [1.29, 1.82) is 0 Å². The lowest BCUT2D eigenvalue weighted by Gasteiger charge is -2.29. The minimum Gasteiger partial charge on any atom is -0.343 e. The van der Waals surface area contributed by atoms with E-state index in [1.54, 1.807) is 23.7 Å². The number of benzene rings is 1. The van der Waals surface area contributed by atoms with E-state index in [2.05, 4.69) is 11.6 Å². The molecule has 2 amide bonds. The van der Waals surface area contributed by atoms with Crippen molar-refractivity contribution in [3.8, 4) is 0 Å². The van der Waals surface area contributed by atoms with Crippen LogP contribution in [0.3, 0.4) is 0 Å². The average Bonchev–Trinajstić information content (AvgIpc) is 3.00. The van der Waals surface area contributed by atoms with E-state index < -0.39 is 5.82 Å². The molecule has 0 bridgehead atoms. The fraction of sp³-hybridized carbons (Fsp3) is 0.500. The molecule has 1 aliphatic carbocycles. The van der Waals surface area contributed by atoms with E-state index in [0.29, 0.717) is 10.8 Å². The molecular weight excluding hydrogens is 303 g/mol. The molecule has 0 aliphatic heterocycles. The van der Waals surface area contributed by atoms with E-state index in [1.165, 1.54) is 24.3 Å². The third kappa shape index (κ3) is 4.00. The normalized spacial score (nSPS) is 20.7. The Kier molecular flexibility index (Phi) is 5.83. The van der Waals surface area contributed by atoms with Gasteiger partial charge in [-0.05, 0) is 43.4 Å². The van der Waals surface area contributed by atoms with Crippen LogP contribution in [0.25, 0.3) is 0 Å². The Morgan fingerprint density at radius 2 is 2.00 bits per heavy atom. The lowest BCUT2D eigenvalue weighted by molar-refractivity contribution is -0.130. The average molecular weight is 324 g/mol. The summed E-state index contributed by atoms with van der Waals surface area (Å²) in [6, 6.07) is 5.50. The summed E-state index contributed by atoms with van der Waals surface area (Å²) in [6.45, 7) is -0.0374. The number of thioether (sulfide) groups is 1. The third-order valence-electron chi connectivity index (χ3n) is 4.12. The van der Waals surface area contributed by atoms with E-state index in [0.717, 1.165) is 19.3 Å². The second-order valence-electron chi connectivity index (χ2n) is 5.47. The maximum Gasteiger partial charge on any atom is 0.251 e. The van der Waals surface area contributed by atoms with Crippen LogP contribution in [0.15, 0.2) is 24.3 Å². The summed E-state index contributed by atoms with van der Waals surface area (Å²) in [7, 11) is 1.80. The Bertz CT molecular complexity index is 535. The first-order valence-corrected chi connectivity index (χ1v) is 8.64. The van der Waals surface area contributed by atoms with E-state index in [4.69, 9.17) is 0 Å². The molecule has 120 valence electrons. The van der Waals surface area contributed by atoms with Gasteiger partial charge in [-0.15, -0.1) is 0 Å². The monoisotopic (exact) mass is 324 g/mol. The van der Waals surface area contributed by atoms with Crippen molar-refractivity contribution in [2.75, 3.05) is 19.8 Å². The molecule has 0 aromatic heterocycles. The molecule has 0 saturated heterocycles. The molecule has 1 aromatic rings. The fourth-order valence-electron chi connectivity index (χ4n) is 2.79. The lowest BCUT2D eigenvalue weighted by atomic mass is 10.2. The van der Waals surface area contributed by atoms with Crippen LogP contribution in [0, 0.1) is 5.82 Å². The molecule has 4 nitrogen and oxygen atoms in total. The minimum absolute atomic E-state index is 0.0374. The van der Waals surface area contributed by atoms with Crippen molar-refractivity contribution in [3.05, 3.63) is 35.6 Å². The number of nitrogens with zero attached hydrogens (tertiary/aromatic N) is 1. The van der Waals surface area contributed by atoms with Gasteiger partial charge in [-0.1, -0.05) is 6.42 Å². The first kappa shape index (κ1) is 16.8. The van der Waals surface area contributed by atoms with Crippen molar-refractivity contribution in [2.45, 2.75) is 30.6 Å². The number of halogens is 1. The molecular formula is C16H21FN2O2S. The summed E-state index contributed by atoms with van der Waals surface area (Å²) < 4.78 is 12.8. The fourth-order valence-corrected chi connectivity index (χ4v) is 3.83. The van der Waals surface area contributed by atoms with Crippen LogP contribution in [0.2, 0.25) is 0 Å². The zero-order valence-electron chi connectivity index (χ0n) is 12.8. The van der Waals surface area contributed by atoms with Crippen LogP contribution in [-0.2, 0) is 4.79 Å². The zero-order chi connectivity index (χ0) is 16.1. The second-order valence-corrected chi connectivity index (χ2v) is 6.54. The molecule has 2 rings (SSSR count). The Morgan fingerprint density at radius 3 is 2.64 bits per heavy atom. The van der Waals surface area contributed by atoms with Crippen LogP contribution in [-0.4, -0.2) is 47.9 Å². The van der Waals surface area contributed by atoms with Gasteiger partial charge in [-0.25, -0.2) is 4.39 Å². The summed E-state index contributed by atoms with van der Waals surface area (Å²) in [5, 5.41) is 3.07. The maximum atomic E-state index is 12.8. The van der Waals surface area contributed by atoms with Crippen molar-refractivity contribution >= 4 is 23.6 Å². The van der Waals surface area contributed by atoms with Crippen LogP contribution in [0.1, 0.15) is 29.6 Å². The largest absolute Gasteiger partial charge is 0.343 e. The first-order valence-electron chi connectivity index (χ1n) is 7.35. The molecule has 6 heteroatoms. The molecule has 0 radical (unpaired) electrons. The van der Waals surface area contributed by atoms with Crippen molar-refractivity contribution in [2.24, 2.45) is 0 Å². The third-order valence-corrected chi connectivity index (χ3v) is 5.27. The number of likely N-dealkylation sites (N-methyl/N-ethyl adjacent to an activating group) is 1. The number of carbonyl (C=O) groups is 2. The predicted molar refractivity (Wildman–Crippen MR) is 86.4 cm³/mol. The van der Waals surface area contributed by atoms with Gasteiger partial charge in [0.05, 0.1) is 6.54 Å². The van der Waals surface area contributed by atoms with Gasteiger partial charge >= 0.3 is 0 Å². The number of hydrogen-bond donors (Lipinski definition) is 1. The summed E-state index contributed by atoms with van der Waals surface area (Å²) in [5.41, 5.74) is 0.347. The van der Waals surface area contributed by atoms with Crippen LogP contribution in [0.4, 0.5) is 4.39 Å². The summed E-state index contributed by atoms with van der Waals surface area (Å²) in [6.07, 6.45) is 5.35. The molecule has 1 aromatic carbocycles. The zero-order valence-corrected chi connectivity index (χ0v) is 13.7. The van der Waals surface area contributed by atoms with Gasteiger partial charge in [0.1, 0.15) is 5.82 Å². The predicted octanol–water partition coefficient (Wildman–Crippen LogP) is 2.30. The van der Waals surface area contributed by atoms with Crippen molar-refractivity contribution in [3.63, 3.8) is 0 Å². The van der Waals surface area contributed by atoms with E-state index >= 15 is 0 Å². The first-order chi connectivity index (χ1) is 10.5. The lowest BCUT2D eigenvalue weighted by Crippen LogP contribution is -2.45. The summed E-state index contributed by atoms with van der Waals surface area (Å²) in [4.78, 5) is 25.9. The SMILES string of the molecule is CSC1CCCC1N(C)C(=O)CNC(=O)c1ccc(F)cc1. The van der Waals surface area contributed by atoms with Gasteiger partial charge < -0.3 is 10.2 Å². The molecule has 0 spiro atoms. The van der Waals surface area contributed by atoms with Gasteiger partial charge in [-0.3, -0.25) is 9.59 Å². The van der Waals surface area contributed by atoms with Crippen LogP contribution in [0.5, 0.6) is 0 Å². The number of amides is 2. The highest BCUT2D eigenvalue weighted by atomic mass is 32.2. The highest BCUT2D eigenvalue weighted by Gasteiger charge is 2.31. The topological polar surface area (TPSA) is 49.4 Å². The highest BCUT2D eigenvalue weighted by Crippen LogP contribution is 2.31. The maximum absolute atomic E-state index is 12.8. The molecule has 2 atom stereocenters. The second kappa shape index (κ2) is 7.63. The van der Waals surface area contributed by atoms with Crippen molar-refractivity contribution < 1.29 is 14.0 Å². The summed E-state index contributed by atoms with van der Waals surface area (Å²) in [5.74, 6) is -0.854. The number of hydrogen-bond acceptors (Lipinski definition) is 3. The quantitative estimate of drug-likeness (QED) is 0.904. The Labute approximate surface area is 134 Å². The number of rotatable bonds is 5. The Hall–Kier alpha value is -1.56. The molecule has 22 heavy (non-hydrogen) atoms. The van der Waals surface area contributed by atoms with Crippen LogP contribution >= 0.6 is 11.8 Å². The molecule has 2 unspecified atom stereocenters. The number of nitrogens with one attached hydrogen (secondary N) is 1. The van der Waals surface area contributed by atoms with Gasteiger partial charge in [-0.2, -0.15) is 11.8 Å². The molecule has 1 aliphatic rings.